The van der Waals surface area contributed by atoms with E-state index in [0.29, 0.717) is 51.2 Å². The molecule has 0 radical (unpaired) electrons. The van der Waals surface area contributed by atoms with Crippen LogP contribution in [0.25, 0.3) is 21.0 Å². The summed E-state index contributed by atoms with van der Waals surface area (Å²) in [5, 5.41) is 22.7. The molecule has 1 saturated carbocycles. The van der Waals surface area contributed by atoms with E-state index in [1.165, 1.54) is 4.90 Å². The zero-order valence-corrected chi connectivity index (χ0v) is 19.3. The smallest absolute Gasteiger partial charge is 0.260 e. The Kier molecular flexibility index (Phi) is 5.07. The summed E-state index contributed by atoms with van der Waals surface area (Å²) in [4.78, 5) is 39.1. The highest BCUT2D eigenvalue weighted by Crippen LogP contribution is 2.40. The number of benzene rings is 1. The van der Waals surface area contributed by atoms with E-state index in [1.807, 2.05) is 0 Å². The molecule has 0 spiro atoms. The number of H-pyrrole nitrogens is 1. The normalized spacial score (nSPS) is 20.8. The molecule has 12 heteroatoms. The summed E-state index contributed by atoms with van der Waals surface area (Å²) >= 11 is 1.10. The summed E-state index contributed by atoms with van der Waals surface area (Å²) in [7, 11) is 0. The molecule has 2 aliphatic rings. The van der Waals surface area contributed by atoms with Crippen molar-refractivity contribution in [2.24, 2.45) is 0 Å². The van der Waals surface area contributed by atoms with Crippen LogP contribution in [0.1, 0.15) is 36.9 Å². The molecular weight excluding hydrogens is 472 g/mol. The number of fused-ring (bicyclic) bond motifs is 3. The Morgan fingerprint density at radius 3 is 2.83 bits per heavy atom. The molecule has 35 heavy (non-hydrogen) atoms. The van der Waals surface area contributed by atoms with Gasteiger partial charge in [0, 0.05) is 5.39 Å². The predicted molar refractivity (Wildman–Crippen MR) is 129 cm³/mol. The number of aliphatic hydroxyl groups is 2. The van der Waals surface area contributed by atoms with Gasteiger partial charge in [0.05, 0.1) is 34.4 Å². The van der Waals surface area contributed by atoms with Crippen LogP contribution in [-0.2, 0) is 15.1 Å². The fourth-order valence-electron chi connectivity index (χ4n) is 4.61. The molecular formula is C23H22N6O5S. The van der Waals surface area contributed by atoms with E-state index in [2.05, 4.69) is 19.3 Å². The summed E-state index contributed by atoms with van der Waals surface area (Å²) in [5.74, 6) is 0.115. The third-order valence-corrected chi connectivity index (χ3v) is 7.61. The molecule has 1 saturated heterocycles. The summed E-state index contributed by atoms with van der Waals surface area (Å²) in [6, 6.07) is 8.53. The van der Waals surface area contributed by atoms with Crippen molar-refractivity contribution in [3.8, 4) is 0 Å². The highest BCUT2D eigenvalue weighted by molar-refractivity contribution is 7.14. The number of amides is 1. The maximum atomic E-state index is 13.3. The largest absolute Gasteiger partial charge is 0.384 e. The lowest BCUT2D eigenvalue weighted by atomic mass is 9.77. The second-order valence-electron chi connectivity index (χ2n) is 8.85. The molecule has 3 aromatic heterocycles. The summed E-state index contributed by atoms with van der Waals surface area (Å²) in [5.41, 5.74) is 5.30. The molecule has 6 rings (SSSR count). The minimum atomic E-state index is -1.51. The second-order valence-corrected chi connectivity index (χ2v) is 9.62. The van der Waals surface area contributed by atoms with Crippen LogP contribution in [0.15, 0.2) is 35.1 Å². The first-order valence-corrected chi connectivity index (χ1v) is 12.0. The number of carbonyl (C=O) groups excluding carboxylic acids is 1. The zero-order valence-electron chi connectivity index (χ0n) is 18.5. The van der Waals surface area contributed by atoms with Gasteiger partial charge in [-0.2, -0.15) is 4.37 Å². The summed E-state index contributed by atoms with van der Waals surface area (Å²) in [6.45, 7) is 0.394. The number of nitrogen functional groups attached to an aromatic ring is 1. The van der Waals surface area contributed by atoms with Crippen LogP contribution in [0.4, 0.5) is 11.6 Å². The number of rotatable bonds is 4. The van der Waals surface area contributed by atoms with Gasteiger partial charge in [-0.25, -0.2) is 9.97 Å². The van der Waals surface area contributed by atoms with Crippen molar-refractivity contribution in [2.45, 2.75) is 37.1 Å². The molecule has 4 heterocycles. The summed E-state index contributed by atoms with van der Waals surface area (Å²) in [6.07, 6.45) is -0.619. The Morgan fingerprint density at radius 1 is 1.23 bits per heavy atom. The van der Waals surface area contributed by atoms with Crippen LogP contribution in [0.5, 0.6) is 0 Å². The Hall–Kier alpha value is -3.45. The SMILES string of the molecule is Nc1nsc2c1ccc1nc([C@H](O)[C@H]3OCCN(c4cccc(C5(O)CCC5)n4)C3=O)[nH]c(=O)c12. The summed E-state index contributed by atoms with van der Waals surface area (Å²) < 4.78 is 10.3. The number of nitrogens with two attached hydrogens (primary N) is 1. The van der Waals surface area contributed by atoms with Crippen LogP contribution in [-0.4, -0.2) is 54.7 Å². The fourth-order valence-corrected chi connectivity index (χ4v) is 5.45. The van der Waals surface area contributed by atoms with Gasteiger partial charge < -0.3 is 25.7 Å². The molecule has 0 unspecified atom stereocenters. The third kappa shape index (κ3) is 3.48. The number of aromatic nitrogens is 4. The van der Waals surface area contributed by atoms with Gasteiger partial charge in [0.25, 0.3) is 11.5 Å². The van der Waals surface area contributed by atoms with Crippen LogP contribution < -0.4 is 16.2 Å². The Balaban J connectivity index is 1.32. The van der Waals surface area contributed by atoms with Crippen LogP contribution in [0.3, 0.4) is 0 Å². The molecule has 11 nitrogen and oxygen atoms in total. The first-order valence-electron chi connectivity index (χ1n) is 11.2. The van der Waals surface area contributed by atoms with Crippen molar-refractivity contribution in [1.29, 1.82) is 0 Å². The number of hydrogen-bond donors (Lipinski definition) is 4. The quantitative estimate of drug-likeness (QED) is 0.327. The molecule has 1 aliphatic heterocycles. The molecule has 4 aromatic rings. The van der Waals surface area contributed by atoms with Gasteiger partial charge in [-0.1, -0.05) is 6.07 Å². The van der Waals surface area contributed by atoms with Gasteiger partial charge in [0.1, 0.15) is 29.2 Å². The molecule has 5 N–H and O–H groups in total. The minimum absolute atomic E-state index is 0.0787. The van der Waals surface area contributed by atoms with E-state index in [0.717, 1.165) is 18.0 Å². The topological polar surface area (TPSA) is 168 Å². The fraction of sp³-hybridized carbons (Fsp3) is 0.348. The van der Waals surface area contributed by atoms with Crippen LogP contribution >= 0.6 is 11.5 Å². The first-order chi connectivity index (χ1) is 16.9. The average Bonchev–Trinajstić information content (AvgIpc) is 3.22. The lowest BCUT2D eigenvalue weighted by Crippen LogP contribution is -2.51. The molecule has 0 bridgehead atoms. The van der Waals surface area contributed by atoms with Gasteiger partial charge in [-0.05, 0) is 55.1 Å². The van der Waals surface area contributed by atoms with E-state index in [1.54, 1.807) is 30.3 Å². The average molecular weight is 495 g/mol. The predicted octanol–water partition coefficient (Wildman–Crippen LogP) is 1.35. The number of ether oxygens (including phenoxy) is 1. The molecule has 2 atom stereocenters. The molecule has 180 valence electrons. The number of carbonyl (C=O) groups is 1. The van der Waals surface area contributed by atoms with E-state index >= 15 is 0 Å². The van der Waals surface area contributed by atoms with E-state index in [4.69, 9.17) is 10.5 Å². The van der Waals surface area contributed by atoms with Crippen LogP contribution in [0, 0.1) is 0 Å². The number of nitrogens with one attached hydrogen (secondary N) is 1. The van der Waals surface area contributed by atoms with Crippen LogP contribution in [0.2, 0.25) is 0 Å². The van der Waals surface area contributed by atoms with Gasteiger partial charge in [0.15, 0.2) is 6.10 Å². The lowest BCUT2D eigenvalue weighted by Gasteiger charge is -2.37. The Morgan fingerprint density at radius 2 is 2.06 bits per heavy atom. The number of anilines is 2. The van der Waals surface area contributed by atoms with Crippen molar-refractivity contribution in [3.05, 3.63) is 52.2 Å². The number of aliphatic hydroxyl groups excluding tert-OH is 1. The number of hydrogen-bond acceptors (Lipinski definition) is 10. The van der Waals surface area contributed by atoms with Gasteiger partial charge >= 0.3 is 0 Å². The Bertz CT molecular complexity index is 1530. The molecule has 1 aromatic carbocycles. The van der Waals surface area contributed by atoms with E-state index < -0.39 is 29.3 Å². The van der Waals surface area contributed by atoms with Crippen molar-refractivity contribution in [3.63, 3.8) is 0 Å². The number of aromatic amines is 1. The second kappa shape index (κ2) is 8.05. The molecule has 2 fully saturated rings. The van der Waals surface area contributed by atoms with Gasteiger partial charge in [-0.3, -0.25) is 14.5 Å². The number of pyridine rings is 1. The standard InChI is InChI=1S/C23H22N6O5S/c24-19-11-5-6-12-15(18(11)35-28-19)21(31)27-20(25-12)16(30)17-22(32)29(9-10-34-17)14-4-1-3-13(26-14)23(33)7-2-8-23/h1,3-6,16-17,30,33H,2,7-10H2,(H2,24,28)(H,25,27,31)/t16-,17-/m1/s1. The first kappa shape index (κ1) is 22.0. The number of nitrogens with zero attached hydrogens (tertiary/aromatic N) is 4. The lowest BCUT2D eigenvalue weighted by molar-refractivity contribution is -0.143. The molecule has 1 aliphatic carbocycles. The van der Waals surface area contributed by atoms with Crippen molar-refractivity contribution >= 4 is 50.1 Å². The van der Waals surface area contributed by atoms with Crippen molar-refractivity contribution in [1.82, 2.24) is 19.3 Å². The zero-order chi connectivity index (χ0) is 24.3. The van der Waals surface area contributed by atoms with E-state index in [-0.39, 0.29) is 19.0 Å². The van der Waals surface area contributed by atoms with Crippen molar-refractivity contribution < 1.29 is 19.7 Å². The minimum Gasteiger partial charge on any atom is -0.384 e. The van der Waals surface area contributed by atoms with Gasteiger partial charge in [0.2, 0.25) is 0 Å². The molecule has 1 amide bonds. The third-order valence-electron chi connectivity index (χ3n) is 6.71. The van der Waals surface area contributed by atoms with Crippen molar-refractivity contribution in [2.75, 3.05) is 23.8 Å². The highest BCUT2D eigenvalue weighted by Gasteiger charge is 2.40. The Labute approximate surface area is 202 Å². The van der Waals surface area contributed by atoms with Gasteiger partial charge in [-0.15, -0.1) is 0 Å². The maximum Gasteiger partial charge on any atom is 0.260 e. The number of morpholine rings is 1. The maximum absolute atomic E-state index is 13.3. The monoisotopic (exact) mass is 494 g/mol. The highest BCUT2D eigenvalue weighted by atomic mass is 32.1. The van der Waals surface area contributed by atoms with E-state index in [9.17, 15) is 19.8 Å².